The van der Waals surface area contributed by atoms with Crippen LogP contribution in [0, 0.1) is 0 Å². The molecule has 0 saturated carbocycles. The van der Waals surface area contributed by atoms with Gasteiger partial charge in [0.25, 0.3) is 0 Å². The first-order chi connectivity index (χ1) is 8.13. The fraction of sp³-hybridized carbons (Fsp3) is 0.538. The van der Waals surface area contributed by atoms with Crippen molar-refractivity contribution < 1.29 is 13.5 Å². The summed E-state index contributed by atoms with van der Waals surface area (Å²) in [5.41, 5.74) is 6.96. The van der Waals surface area contributed by atoms with Crippen LogP contribution in [-0.4, -0.2) is 6.61 Å². The van der Waals surface area contributed by atoms with E-state index in [0.29, 0.717) is 0 Å². The molecule has 0 aromatic heterocycles. The zero-order valence-electron chi connectivity index (χ0n) is 10.0. The van der Waals surface area contributed by atoms with E-state index in [1.54, 1.807) is 12.1 Å². The molecule has 1 aromatic rings. The summed E-state index contributed by atoms with van der Waals surface area (Å²) in [6, 6.07) is 6.52. The van der Waals surface area contributed by atoms with Gasteiger partial charge in [0.2, 0.25) is 0 Å². The minimum Gasteiger partial charge on any atom is -0.435 e. The van der Waals surface area contributed by atoms with Crippen LogP contribution in [0.3, 0.4) is 0 Å². The molecule has 0 heterocycles. The largest absolute Gasteiger partial charge is 0.435 e. The highest BCUT2D eigenvalue weighted by Gasteiger charge is 2.07. The molecule has 1 rings (SSSR count). The predicted molar refractivity (Wildman–Crippen MR) is 64.1 cm³/mol. The summed E-state index contributed by atoms with van der Waals surface area (Å²) in [5.74, 6) is 0.171. The lowest BCUT2D eigenvalue weighted by Gasteiger charge is -2.12. The highest BCUT2D eigenvalue weighted by atomic mass is 19.3. The van der Waals surface area contributed by atoms with Crippen molar-refractivity contribution in [1.82, 2.24) is 0 Å². The van der Waals surface area contributed by atoms with Crippen LogP contribution >= 0.6 is 0 Å². The van der Waals surface area contributed by atoms with E-state index in [4.69, 9.17) is 5.73 Å². The van der Waals surface area contributed by atoms with Crippen molar-refractivity contribution >= 4 is 0 Å². The maximum absolute atomic E-state index is 11.9. The summed E-state index contributed by atoms with van der Waals surface area (Å²) < 4.78 is 28.1. The van der Waals surface area contributed by atoms with E-state index in [-0.39, 0.29) is 11.8 Å². The van der Waals surface area contributed by atoms with Gasteiger partial charge < -0.3 is 10.5 Å². The summed E-state index contributed by atoms with van der Waals surface area (Å²) >= 11 is 0. The fourth-order valence-electron chi connectivity index (χ4n) is 1.68. The zero-order chi connectivity index (χ0) is 12.7. The molecule has 0 aliphatic rings. The highest BCUT2D eigenvalue weighted by Crippen LogP contribution is 2.21. The van der Waals surface area contributed by atoms with Gasteiger partial charge in [-0.25, -0.2) is 0 Å². The van der Waals surface area contributed by atoms with Crippen LogP contribution in [0.5, 0.6) is 5.75 Å². The van der Waals surface area contributed by atoms with Gasteiger partial charge in [0.15, 0.2) is 0 Å². The summed E-state index contributed by atoms with van der Waals surface area (Å²) in [5, 5.41) is 0. The lowest BCUT2D eigenvalue weighted by Crippen LogP contribution is -2.10. The molecule has 0 bridgehead atoms. The lowest BCUT2D eigenvalue weighted by atomic mass is 10.0. The number of hydrogen-bond donors (Lipinski definition) is 1. The van der Waals surface area contributed by atoms with Gasteiger partial charge in [-0.3, -0.25) is 0 Å². The number of rotatable bonds is 7. The third kappa shape index (κ3) is 5.13. The van der Waals surface area contributed by atoms with Gasteiger partial charge in [-0.2, -0.15) is 8.78 Å². The average molecular weight is 243 g/mol. The van der Waals surface area contributed by atoms with Crippen molar-refractivity contribution in [2.24, 2.45) is 5.73 Å². The van der Waals surface area contributed by atoms with Crippen LogP contribution in [0.2, 0.25) is 0 Å². The van der Waals surface area contributed by atoms with Crippen LogP contribution in [0.15, 0.2) is 24.3 Å². The zero-order valence-corrected chi connectivity index (χ0v) is 10.0. The second kappa shape index (κ2) is 7.22. The van der Waals surface area contributed by atoms with Gasteiger partial charge >= 0.3 is 6.61 Å². The number of ether oxygens (including phenoxy) is 1. The molecular weight excluding hydrogens is 224 g/mol. The van der Waals surface area contributed by atoms with Crippen molar-refractivity contribution in [3.05, 3.63) is 29.8 Å². The Kier molecular flexibility index (Phi) is 5.91. The summed E-state index contributed by atoms with van der Waals surface area (Å²) in [7, 11) is 0. The second-order valence-electron chi connectivity index (χ2n) is 4.05. The monoisotopic (exact) mass is 243 g/mol. The number of alkyl halides is 2. The van der Waals surface area contributed by atoms with Crippen molar-refractivity contribution in [1.29, 1.82) is 0 Å². The number of benzene rings is 1. The predicted octanol–water partition coefficient (Wildman–Crippen LogP) is 3.87. The minimum atomic E-state index is -2.78. The van der Waals surface area contributed by atoms with Crippen LogP contribution in [0.25, 0.3) is 0 Å². The molecule has 0 saturated heterocycles. The topological polar surface area (TPSA) is 35.2 Å². The summed E-state index contributed by atoms with van der Waals surface area (Å²) in [6.07, 6.45) is 4.34. The van der Waals surface area contributed by atoms with Gasteiger partial charge in [0.05, 0.1) is 0 Å². The first-order valence-electron chi connectivity index (χ1n) is 5.93. The standard InChI is InChI=1S/C13H19F2NO/c1-2-3-4-5-12(16)10-6-8-11(9-7-10)17-13(14)15/h6-9,12-13H,2-5,16H2,1H3/t12-/m1/s1. The molecule has 0 unspecified atom stereocenters. The molecule has 96 valence electrons. The van der Waals surface area contributed by atoms with Crippen LogP contribution in [0.1, 0.15) is 44.2 Å². The van der Waals surface area contributed by atoms with Crippen molar-refractivity contribution in [3.8, 4) is 5.75 Å². The molecule has 0 radical (unpaired) electrons. The molecule has 1 atom stereocenters. The number of nitrogens with two attached hydrogens (primary N) is 1. The molecule has 2 N–H and O–H groups in total. The molecule has 0 amide bonds. The average Bonchev–Trinajstić information content (AvgIpc) is 2.29. The van der Waals surface area contributed by atoms with Crippen LogP contribution < -0.4 is 10.5 Å². The summed E-state index contributed by atoms with van der Waals surface area (Å²) in [4.78, 5) is 0. The Morgan fingerprint density at radius 2 is 1.82 bits per heavy atom. The van der Waals surface area contributed by atoms with Gasteiger partial charge in [0.1, 0.15) is 5.75 Å². The SMILES string of the molecule is CCCCC[C@@H](N)c1ccc(OC(F)F)cc1. The number of halogens is 2. The van der Waals surface area contributed by atoms with E-state index < -0.39 is 6.61 Å². The van der Waals surface area contributed by atoms with E-state index in [9.17, 15) is 8.78 Å². The quantitative estimate of drug-likeness (QED) is 0.738. The molecule has 4 heteroatoms. The number of hydrogen-bond acceptors (Lipinski definition) is 2. The molecule has 0 aliphatic heterocycles. The Labute approximate surface area is 101 Å². The van der Waals surface area contributed by atoms with Gasteiger partial charge in [-0.15, -0.1) is 0 Å². The molecule has 1 aromatic carbocycles. The number of unbranched alkanes of at least 4 members (excludes halogenated alkanes) is 2. The van der Waals surface area contributed by atoms with E-state index in [0.717, 1.165) is 24.8 Å². The van der Waals surface area contributed by atoms with Crippen molar-refractivity contribution in [3.63, 3.8) is 0 Å². The molecule has 0 spiro atoms. The Hall–Kier alpha value is -1.16. The third-order valence-corrected chi connectivity index (χ3v) is 2.65. The maximum Gasteiger partial charge on any atom is 0.387 e. The fourth-order valence-corrected chi connectivity index (χ4v) is 1.68. The second-order valence-corrected chi connectivity index (χ2v) is 4.05. The Balaban J connectivity index is 2.48. The molecule has 0 aliphatic carbocycles. The first-order valence-corrected chi connectivity index (χ1v) is 5.93. The maximum atomic E-state index is 11.9. The van der Waals surface area contributed by atoms with Crippen molar-refractivity contribution in [2.75, 3.05) is 0 Å². The Bertz CT molecular complexity index is 314. The van der Waals surface area contributed by atoms with Crippen molar-refractivity contribution in [2.45, 2.75) is 45.3 Å². The minimum absolute atomic E-state index is 0.0258. The Morgan fingerprint density at radius 1 is 1.18 bits per heavy atom. The highest BCUT2D eigenvalue weighted by molar-refractivity contribution is 5.29. The molecular formula is C13H19F2NO. The summed E-state index contributed by atoms with van der Waals surface area (Å²) in [6.45, 7) is -0.638. The Morgan fingerprint density at radius 3 is 2.35 bits per heavy atom. The lowest BCUT2D eigenvalue weighted by molar-refractivity contribution is -0.0498. The van der Waals surface area contributed by atoms with E-state index >= 15 is 0 Å². The van der Waals surface area contributed by atoms with E-state index in [1.807, 2.05) is 0 Å². The van der Waals surface area contributed by atoms with Gasteiger partial charge in [0, 0.05) is 6.04 Å². The van der Waals surface area contributed by atoms with E-state index in [2.05, 4.69) is 11.7 Å². The van der Waals surface area contributed by atoms with E-state index in [1.165, 1.54) is 18.6 Å². The van der Waals surface area contributed by atoms with Gasteiger partial charge in [-0.05, 0) is 24.1 Å². The molecule has 17 heavy (non-hydrogen) atoms. The smallest absolute Gasteiger partial charge is 0.387 e. The van der Waals surface area contributed by atoms with Crippen LogP contribution in [-0.2, 0) is 0 Å². The van der Waals surface area contributed by atoms with Gasteiger partial charge in [-0.1, -0.05) is 38.3 Å². The first kappa shape index (κ1) is 13.9. The third-order valence-electron chi connectivity index (χ3n) is 2.65. The molecule has 0 fully saturated rings. The normalized spacial score (nSPS) is 12.8. The van der Waals surface area contributed by atoms with Crippen LogP contribution in [0.4, 0.5) is 8.78 Å². The molecule has 2 nitrogen and oxygen atoms in total.